The van der Waals surface area contributed by atoms with Crippen molar-refractivity contribution in [3.63, 3.8) is 0 Å². The van der Waals surface area contributed by atoms with Crippen molar-refractivity contribution >= 4 is 22.4 Å². The second-order valence-corrected chi connectivity index (χ2v) is 5.36. The minimum atomic E-state index is -0.194. The molecule has 1 unspecified atom stereocenters. The average molecular weight is 264 g/mol. The maximum atomic E-state index is 11.4. The van der Waals surface area contributed by atoms with Gasteiger partial charge in [-0.3, -0.25) is 4.79 Å². The molecule has 1 fully saturated rings. The highest BCUT2D eigenvalue weighted by Crippen LogP contribution is 2.38. The highest BCUT2D eigenvalue weighted by atomic mass is 35.5. The van der Waals surface area contributed by atoms with Crippen LogP contribution in [0.4, 0.5) is 0 Å². The van der Waals surface area contributed by atoms with E-state index in [1.165, 1.54) is 12.5 Å². The molecule has 1 aliphatic rings. The Balaban J connectivity index is 1.88. The molecular weight excluding hydrogens is 250 g/mol. The molecule has 2 aromatic rings. The van der Waals surface area contributed by atoms with Crippen molar-refractivity contribution in [3.8, 4) is 5.75 Å². The molecule has 0 spiro atoms. The van der Waals surface area contributed by atoms with Crippen LogP contribution in [-0.2, 0) is 0 Å². The van der Waals surface area contributed by atoms with Gasteiger partial charge < -0.3 is 9.72 Å². The van der Waals surface area contributed by atoms with Crippen molar-refractivity contribution in [1.82, 2.24) is 4.98 Å². The molecule has 1 aliphatic carbocycles. The average Bonchev–Trinajstić information content (AvgIpc) is 3.02. The lowest BCUT2D eigenvalue weighted by molar-refractivity contribution is 0.294. The third-order valence-electron chi connectivity index (χ3n) is 3.52. The number of aromatic nitrogens is 1. The van der Waals surface area contributed by atoms with Crippen LogP contribution in [-0.4, -0.2) is 11.6 Å². The van der Waals surface area contributed by atoms with Crippen molar-refractivity contribution in [1.29, 1.82) is 0 Å². The van der Waals surface area contributed by atoms with Gasteiger partial charge in [-0.1, -0.05) is 18.5 Å². The molecule has 1 saturated carbocycles. The topological polar surface area (TPSA) is 42.1 Å². The first-order valence-corrected chi connectivity index (χ1v) is 6.46. The van der Waals surface area contributed by atoms with Crippen LogP contribution in [0.5, 0.6) is 5.75 Å². The number of fused-ring (bicyclic) bond motifs is 1. The Hall–Kier alpha value is -1.48. The Morgan fingerprint density at radius 2 is 2.22 bits per heavy atom. The molecule has 1 N–H and O–H groups in total. The summed E-state index contributed by atoms with van der Waals surface area (Å²) in [6.45, 7) is 2.98. The number of pyridine rings is 1. The second kappa shape index (κ2) is 4.32. The van der Waals surface area contributed by atoms with Crippen LogP contribution in [0.2, 0.25) is 5.15 Å². The third-order valence-corrected chi connectivity index (χ3v) is 3.82. The molecule has 0 radical (unpaired) electrons. The van der Waals surface area contributed by atoms with Crippen LogP contribution in [0.1, 0.15) is 13.3 Å². The second-order valence-electron chi connectivity index (χ2n) is 4.98. The summed E-state index contributed by atoms with van der Waals surface area (Å²) in [5, 5.41) is 2.02. The lowest BCUT2D eigenvalue weighted by atomic mass is 10.2. The Kier molecular flexibility index (Phi) is 2.78. The molecule has 1 aromatic carbocycles. The fourth-order valence-electron chi connectivity index (χ4n) is 2.14. The normalized spacial score (nSPS) is 22.1. The van der Waals surface area contributed by atoms with Gasteiger partial charge in [0, 0.05) is 11.5 Å². The zero-order chi connectivity index (χ0) is 12.7. The van der Waals surface area contributed by atoms with Gasteiger partial charge in [-0.05, 0) is 41.8 Å². The van der Waals surface area contributed by atoms with Gasteiger partial charge in [0.1, 0.15) is 10.9 Å². The molecule has 0 amide bonds. The summed E-state index contributed by atoms with van der Waals surface area (Å²) in [6, 6.07) is 7.16. The predicted molar refractivity (Wildman–Crippen MR) is 72.3 cm³/mol. The Morgan fingerprint density at radius 3 is 2.94 bits per heavy atom. The molecular formula is C14H14ClNO2. The van der Waals surface area contributed by atoms with Crippen LogP contribution in [0, 0.1) is 11.8 Å². The van der Waals surface area contributed by atoms with E-state index in [0.717, 1.165) is 29.0 Å². The first-order chi connectivity index (χ1) is 8.63. The predicted octanol–water partition coefficient (Wildman–Crippen LogP) is 3.22. The van der Waals surface area contributed by atoms with E-state index in [9.17, 15) is 4.79 Å². The monoisotopic (exact) mass is 263 g/mol. The smallest absolute Gasteiger partial charge is 0.249 e. The number of halogens is 1. The van der Waals surface area contributed by atoms with Gasteiger partial charge in [0.2, 0.25) is 5.56 Å². The molecule has 0 aliphatic heterocycles. The minimum Gasteiger partial charge on any atom is -0.493 e. The van der Waals surface area contributed by atoms with E-state index in [0.29, 0.717) is 11.1 Å². The van der Waals surface area contributed by atoms with E-state index >= 15 is 0 Å². The molecule has 2 atom stereocenters. The van der Waals surface area contributed by atoms with E-state index in [1.54, 1.807) is 0 Å². The number of hydrogen-bond acceptors (Lipinski definition) is 2. The number of rotatable bonds is 3. The lowest BCUT2D eigenvalue weighted by Crippen LogP contribution is -2.04. The lowest BCUT2D eigenvalue weighted by Gasteiger charge is -2.07. The zero-order valence-electron chi connectivity index (χ0n) is 10.1. The molecule has 0 saturated heterocycles. The van der Waals surface area contributed by atoms with Crippen molar-refractivity contribution < 1.29 is 4.74 Å². The molecule has 3 rings (SSSR count). The first-order valence-electron chi connectivity index (χ1n) is 6.09. The SMILES string of the molecule is CC1C[C@@H]1COc1ccc2c(Cl)[nH]c(=O)cc2c1. The van der Waals surface area contributed by atoms with Crippen LogP contribution in [0.25, 0.3) is 10.8 Å². The van der Waals surface area contributed by atoms with Gasteiger partial charge >= 0.3 is 0 Å². The quantitative estimate of drug-likeness (QED) is 0.864. The molecule has 0 bridgehead atoms. The van der Waals surface area contributed by atoms with Crippen molar-refractivity contribution in [2.45, 2.75) is 13.3 Å². The van der Waals surface area contributed by atoms with Crippen LogP contribution in [0.15, 0.2) is 29.1 Å². The molecule has 1 heterocycles. The highest BCUT2D eigenvalue weighted by molar-refractivity contribution is 6.34. The summed E-state index contributed by atoms with van der Waals surface area (Å²) in [5.41, 5.74) is -0.194. The van der Waals surface area contributed by atoms with E-state index in [4.69, 9.17) is 16.3 Å². The maximum absolute atomic E-state index is 11.4. The fourth-order valence-corrected chi connectivity index (χ4v) is 2.40. The van der Waals surface area contributed by atoms with Crippen LogP contribution < -0.4 is 10.3 Å². The molecule has 94 valence electrons. The number of benzene rings is 1. The summed E-state index contributed by atoms with van der Waals surface area (Å²) in [4.78, 5) is 13.9. The number of ether oxygens (including phenoxy) is 1. The summed E-state index contributed by atoms with van der Waals surface area (Å²) in [5.74, 6) is 2.26. The highest BCUT2D eigenvalue weighted by Gasteiger charge is 2.32. The van der Waals surface area contributed by atoms with Crippen molar-refractivity contribution in [2.75, 3.05) is 6.61 Å². The number of aromatic amines is 1. The van der Waals surface area contributed by atoms with E-state index in [2.05, 4.69) is 11.9 Å². The van der Waals surface area contributed by atoms with E-state index in [-0.39, 0.29) is 5.56 Å². The third kappa shape index (κ3) is 2.23. The van der Waals surface area contributed by atoms with Crippen LogP contribution in [0.3, 0.4) is 0 Å². The number of nitrogens with one attached hydrogen (secondary N) is 1. The molecule has 18 heavy (non-hydrogen) atoms. The summed E-state index contributed by atoms with van der Waals surface area (Å²) in [7, 11) is 0. The van der Waals surface area contributed by atoms with Gasteiger partial charge in [-0.2, -0.15) is 0 Å². The largest absolute Gasteiger partial charge is 0.493 e. The Labute approximate surface area is 110 Å². The van der Waals surface area contributed by atoms with E-state index < -0.39 is 0 Å². The van der Waals surface area contributed by atoms with E-state index in [1.807, 2.05) is 18.2 Å². The minimum absolute atomic E-state index is 0.194. The summed E-state index contributed by atoms with van der Waals surface area (Å²) in [6.07, 6.45) is 1.25. The van der Waals surface area contributed by atoms with Crippen molar-refractivity contribution in [3.05, 3.63) is 39.8 Å². The van der Waals surface area contributed by atoms with Gasteiger partial charge in [0.15, 0.2) is 0 Å². The summed E-state index contributed by atoms with van der Waals surface area (Å²) >= 11 is 5.97. The molecule has 4 heteroatoms. The number of H-pyrrole nitrogens is 1. The molecule has 1 aromatic heterocycles. The van der Waals surface area contributed by atoms with Crippen LogP contribution >= 0.6 is 11.6 Å². The van der Waals surface area contributed by atoms with Crippen molar-refractivity contribution in [2.24, 2.45) is 11.8 Å². The summed E-state index contributed by atoms with van der Waals surface area (Å²) < 4.78 is 5.73. The Morgan fingerprint density at radius 1 is 1.44 bits per heavy atom. The standard InChI is InChI=1S/C14H14ClNO2/c1-8-4-10(8)7-18-11-2-3-12-9(5-11)6-13(17)16-14(12)15/h2-3,5-6,8,10H,4,7H2,1H3,(H,16,17)/t8?,10-/m1/s1. The fraction of sp³-hybridized carbons (Fsp3) is 0.357. The molecule has 3 nitrogen and oxygen atoms in total. The maximum Gasteiger partial charge on any atom is 0.249 e. The number of hydrogen-bond donors (Lipinski definition) is 1. The van der Waals surface area contributed by atoms with Gasteiger partial charge in [-0.15, -0.1) is 0 Å². The Bertz CT molecular complexity index is 650. The van der Waals surface area contributed by atoms with Gasteiger partial charge in [-0.25, -0.2) is 0 Å². The first kappa shape index (κ1) is 11.6. The van der Waals surface area contributed by atoms with Gasteiger partial charge in [0.05, 0.1) is 6.61 Å². The zero-order valence-corrected chi connectivity index (χ0v) is 10.8. The van der Waals surface area contributed by atoms with Gasteiger partial charge in [0.25, 0.3) is 0 Å².